The summed E-state index contributed by atoms with van der Waals surface area (Å²) < 4.78 is 0. The van der Waals surface area contributed by atoms with Gasteiger partial charge in [0.1, 0.15) is 12.1 Å². The first-order valence-electron chi connectivity index (χ1n) is 5.22. The molecule has 0 unspecified atom stereocenters. The van der Waals surface area contributed by atoms with E-state index in [2.05, 4.69) is 27.4 Å². The standard InChI is InChI=1S/C11H15N3O/c15-6-5-12-11-7-10(13-8-14-11)9-3-1-2-4-9/h1-2,7-9,15H,3-6H2,(H,12,13,14). The van der Waals surface area contributed by atoms with Gasteiger partial charge in [-0.15, -0.1) is 0 Å². The molecule has 0 radical (unpaired) electrons. The Labute approximate surface area is 89.1 Å². The van der Waals surface area contributed by atoms with E-state index < -0.39 is 0 Å². The summed E-state index contributed by atoms with van der Waals surface area (Å²) in [4.78, 5) is 8.37. The van der Waals surface area contributed by atoms with Crippen LogP contribution in [0.25, 0.3) is 0 Å². The van der Waals surface area contributed by atoms with Crippen LogP contribution in [0.5, 0.6) is 0 Å². The van der Waals surface area contributed by atoms with Gasteiger partial charge in [-0.05, 0) is 12.8 Å². The SMILES string of the molecule is OCCNc1cc(C2CC=CC2)ncn1. The van der Waals surface area contributed by atoms with Crippen molar-refractivity contribution in [2.45, 2.75) is 18.8 Å². The van der Waals surface area contributed by atoms with Gasteiger partial charge in [0.05, 0.1) is 6.61 Å². The third-order valence-electron chi connectivity index (χ3n) is 2.53. The van der Waals surface area contributed by atoms with E-state index in [1.165, 1.54) is 0 Å². The highest BCUT2D eigenvalue weighted by Crippen LogP contribution is 2.28. The van der Waals surface area contributed by atoms with Crippen molar-refractivity contribution in [1.82, 2.24) is 9.97 Å². The zero-order valence-electron chi connectivity index (χ0n) is 8.56. The van der Waals surface area contributed by atoms with E-state index >= 15 is 0 Å². The second kappa shape index (κ2) is 4.89. The summed E-state index contributed by atoms with van der Waals surface area (Å²) in [5, 5.41) is 11.7. The third kappa shape index (κ3) is 2.53. The minimum atomic E-state index is 0.115. The topological polar surface area (TPSA) is 58.0 Å². The van der Waals surface area contributed by atoms with Crippen LogP contribution in [-0.4, -0.2) is 28.2 Å². The van der Waals surface area contributed by atoms with Crippen LogP contribution in [0, 0.1) is 0 Å². The fourth-order valence-corrected chi connectivity index (χ4v) is 1.73. The van der Waals surface area contributed by atoms with Gasteiger partial charge in [-0.25, -0.2) is 9.97 Å². The number of nitrogens with zero attached hydrogens (tertiary/aromatic N) is 2. The summed E-state index contributed by atoms with van der Waals surface area (Å²) in [5.41, 5.74) is 1.08. The smallest absolute Gasteiger partial charge is 0.129 e. The van der Waals surface area contributed by atoms with E-state index in [4.69, 9.17) is 5.11 Å². The predicted molar refractivity (Wildman–Crippen MR) is 58.7 cm³/mol. The van der Waals surface area contributed by atoms with Crippen molar-refractivity contribution in [1.29, 1.82) is 0 Å². The lowest BCUT2D eigenvalue weighted by Gasteiger charge is -2.10. The number of aliphatic hydroxyl groups excluding tert-OH is 1. The number of rotatable bonds is 4. The fourth-order valence-electron chi connectivity index (χ4n) is 1.73. The molecule has 0 aromatic carbocycles. The Morgan fingerprint density at radius 1 is 1.33 bits per heavy atom. The van der Waals surface area contributed by atoms with Crippen LogP contribution < -0.4 is 5.32 Å². The van der Waals surface area contributed by atoms with Gasteiger partial charge in [0.25, 0.3) is 0 Å². The van der Waals surface area contributed by atoms with Gasteiger partial charge < -0.3 is 10.4 Å². The lowest BCUT2D eigenvalue weighted by molar-refractivity contribution is 0.311. The number of hydrogen-bond acceptors (Lipinski definition) is 4. The monoisotopic (exact) mass is 205 g/mol. The van der Waals surface area contributed by atoms with E-state index in [0.717, 1.165) is 24.4 Å². The lowest BCUT2D eigenvalue weighted by Crippen LogP contribution is -2.08. The molecule has 2 rings (SSSR count). The van der Waals surface area contributed by atoms with Crippen LogP contribution in [0.1, 0.15) is 24.5 Å². The number of nitrogens with one attached hydrogen (secondary N) is 1. The van der Waals surface area contributed by atoms with E-state index in [1.807, 2.05) is 6.07 Å². The van der Waals surface area contributed by atoms with Gasteiger partial charge in [-0.1, -0.05) is 12.2 Å². The fraction of sp³-hybridized carbons (Fsp3) is 0.455. The second-order valence-corrected chi connectivity index (χ2v) is 3.62. The average Bonchev–Trinajstić information content (AvgIpc) is 2.80. The Balaban J connectivity index is 2.04. The van der Waals surface area contributed by atoms with Gasteiger partial charge in [-0.2, -0.15) is 0 Å². The van der Waals surface area contributed by atoms with Crippen molar-refractivity contribution >= 4 is 5.82 Å². The van der Waals surface area contributed by atoms with Gasteiger partial charge in [0, 0.05) is 24.2 Å². The Kier molecular flexibility index (Phi) is 3.29. The molecule has 1 aromatic heterocycles. The molecule has 0 amide bonds. The average molecular weight is 205 g/mol. The van der Waals surface area contributed by atoms with Crippen molar-refractivity contribution < 1.29 is 5.11 Å². The largest absolute Gasteiger partial charge is 0.395 e. The van der Waals surface area contributed by atoms with Gasteiger partial charge >= 0.3 is 0 Å². The number of anilines is 1. The molecule has 4 heteroatoms. The third-order valence-corrected chi connectivity index (χ3v) is 2.53. The summed E-state index contributed by atoms with van der Waals surface area (Å²) in [6.45, 7) is 0.643. The molecular formula is C11H15N3O. The maximum absolute atomic E-state index is 8.69. The van der Waals surface area contributed by atoms with E-state index in [1.54, 1.807) is 6.33 Å². The summed E-state index contributed by atoms with van der Waals surface area (Å²) in [6, 6.07) is 1.97. The van der Waals surface area contributed by atoms with Crippen molar-refractivity contribution in [2.75, 3.05) is 18.5 Å². The molecule has 0 saturated carbocycles. The van der Waals surface area contributed by atoms with Crippen molar-refractivity contribution in [2.24, 2.45) is 0 Å². The normalized spacial score (nSPS) is 15.8. The number of aliphatic hydroxyl groups is 1. The first-order chi connectivity index (χ1) is 7.40. The van der Waals surface area contributed by atoms with E-state index in [9.17, 15) is 0 Å². The first-order valence-corrected chi connectivity index (χ1v) is 5.22. The van der Waals surface area contributed by atoms with Gasteiger partial charge in [0.2, 0.25) is 0 Å². The van der Waals surface area contributed by atoms with Crippen LogP contribution in [0.3, 0.4) is 0 Å². The van der Waals surface area contributed by atoms with Crippen LogP contribution in [0.2, 0.25) is 0 Å². The zero-order valence-corrected chi connectivity index (χ0v) is 8.56. The highest BCUT2D eigenvalue weighted by Gasteiger charge is 2.14. The minimum absolute atomic E-state index is 0.115. The molecule has 1 aliphatic rings. The van der Waals surface area contributed by atoms with Crippen molar-refractivity contribution in [3.05, 3.63) is 30.2 Å². The second-order valence-electron chi connectivity index (χ2n) is 3.62. The Morgan fingerprint density at radius 2 is 2.13 bits per heavy atom. The summed E-state index contributed by atoms with van der Waals surface area (Å²) in [7, 11) is 0. The van der Waals surface area contributed by atoms with Crippen molar-refractivity contribution in [3.8, 4) is 0 Å². The molecule has 1 heterocycles. The maximum Gasteiger partial charge on any atom is 0.129 e. The molecule has 0 aliphatic heterocycles. The molecule has 15 heavy (non-hydrogen) atoms. The highest BCUT2D eigenvalue weighted by atomic mass is 16.3. The maximum atomic E-state index is 8.69. The Hall–Kier alpha value is -1.42. The molecule has 0 spiro atoms. The molecule has 0 atom stereocenters. The molecule has 2 N–H and O–H groups in total. The molecule has 1 aliphatic carbocycles. The Bertz CT molecular complexity index is 343. The van der Waals surface area contributed by atoms with Crippen LogP contribution in [0.4, 0.5) is 5.82 Å². The number of aromatic nitrogens is 2. The van der Waals surface area contributed by atoms with Crippen LogP contribution >= 0.6 is 0 Å². The predicted octanol–water partition coefficient (Wildman–Crippen LogP) is 1.31. The molecular weight excluding hydrogens is 190 g/mol. The summed E-state index contributed by atoms with van der Waals surface area (Å²) in [5.74, 6) is 1.30. The lowest BCUT2D eigenvalue weighted by atomic mass is 10.0. The van der Waals surface area contributed by atoms with Gasteiger partial charge in [-0.3, -0.25) is 0 Å². The van der Waals surface area contributed by atoms with Crippen molar-refractivity contribution in [3.63, 3.8) is 0 Å². The molecule has 0 saturated heterocycles. The van der Waals surface area contributed by atoms with Gasteiger partial charge in [0.15, 0.2) is 0 Å². The molecule has 4 nitrogen and oxygen atoms in total. The quantitative estimate of drug-likeness (QED) is 0.728. The molecule has 1 aromatic rings. The van der Waals surface area contributed by atoms with Crippen LogP contribution in [0.15, 0.2) is 24.5 Å². The minimum Gasteiger partial charge on any atom is -0.395 e. The molecule has 0 bridgehead atoms. The van der Waals surface area contributed by atoms with E-state index in [0.29, 0.717) is 12.5 Å². The highest BCUT2D eigenvalue weighted by molar-refractivity contribution is 5.36. The number of hydrogen-bond donors (Lipinski definition) is 2. The molecule has 0 fully saturated rings. The van der Waals surface area contributed by atoms with E-state index in [-0.39, 0.29) is 6.61 Å². The Morgan fingerprint density at radius 3 is 2.87 bits per heavy atom. The summed E-state index contributed by atoms with van der Waals surface area (Å²) >= 11 is 0. The number of allylic oxidation sites excluding steroid dienone is 2. The molecule has 80 valence electrons. The van der Waals surface area contributed by atoms with Crippen LogP contribution in [-0.2, 0) is 0 Å². The summed E-state index contributed by atoms with van der Waals surface area (Å²) in [6.07, 6.45) is 8.08. The zero-order chi connectivity index (χ0) is 10.5. The first kappa shape index (κ1) is 10.1.